The monoisotopic (exact) mass is 296 g/mol. The molecule has 0 heterocycles. The predicted molar refractivity (Wildman–Crippen MR) is 76.2 cm³/mol. The zero-order valence-corrected chi connectivity index (χ0v) is 11.7. The van der Waals surface area contributed by atoms with E-state index in [1.165, 1.54) is 24.8 Å². The molecule has 94 valence electrons. The van der Waals surface area contributed by atoms with Crippen molar-refractivity contribution < 1.29 is 0 Å². The number of benzene rings is 1. The number of nitrogens with two attached hydrogens (primary N) is 1. The minimum absolute atomic E-state index is 0.724. The summed E-state index contributed by atoms with van der Waals surface area (Å²) >= 11 is 3.47. The van der Waals surface area contributed by atoms with Gasteiger partial charge in [-0.2, -0.15) is 0 Å². The van der Waals surface area contributed by atoms with Crippen LogP contribution in [0, 0.1) is 0 Å². The van der Waals surface area contributed by atoms with E-state index in [1.54, 1.807) is 0 Å². The summed E-state index contributed by atoms with van der Waals surface area (Å²) in [6, 6.07) is 9.47. The molecular formula is C14H21BrN2. The summed E-state index contributed by atoms with van der Waals surface area (Å²) in [6.45, 7) is 1.93. The van der Waals surface area contributed by atoms with Crippen molar-refractivity contribution in [3.05, 3.63) is 34.3 Å². The van der Waals surface area contributed by atoms with Crippen molar-refractivity contribution in [1.29, 1.82) is 0 Å². The average molecular weight is 297 g/mol. The van der Waals surface area contributed by atoms with Gasteiger partial charge in [0.05, 0.1) is 0 Å². The second-order valence-electron chi connectivity index (χ2n) is 4.87. The zero-order valence-electron chi connectivity index (χ0n) is 10.2. The lowest BCUT2D eigenvalue weighted by atomic mass is 9.76. The molecule has 1 saturated carbocycles. The van der Waals surface area contributed by atoms with Crippen molar-refractivity contribution in [3.8, 4) is 0 Å². The molecule has 0 bridgehead atoms. The number of halogens is 1. The largest absolute Gasteiger partial charge is 0.330 e. The second kappa shape index (κ2) is 6.53. The maximum atomic E-state index is 5.47. The van der Waals surface area contributed by atoms with E-state index in [-0.39, 0.29) is 0 Å². The van der Waals surface area contributed by atoms with Crippen LogP contribution in [0.1, 0.15) is 37.2 Å². The molecule has 1 aliphatic rings. The van der Waals surface area contributed by atoms with Gasteiger partial charge in [-0.1, -0.05) is 28.1 Å². The highest BCUT2D eigenvalue weighted by atomic mass is 79.9. The van der Waals surface area contributed by atoms with E-state index in [0.29, 0.717) is 0 Å². The molecule has 2 nitrogen and oxygen atoms in total. The number of hydrogen-bond donors (Lipinski definition) is 2. The molecule has 0 unspecified atom stereocenters. The molecule has 17 heavy (non-hydrogen) atoms. The molecule has 2 rings (SSSR count). The Morgan fingerprint density at radius 1 is 1.18 bits per heavy atom. The van der Waals surface area contributed by atoms with Gasteiger partial charge in [0.25, 0.3) is 0 Å². The molecule has 1 fully saturated rings. The van der Waals surface area contributed by atoms with Gasteiger partial charge in [-0.05, 0) is 62.4 Å². The second-order valence-corrected chi connectivity index (χ2v) is 5.78. The summed E-state index contributed by atoms with van der Waals surface area (Å²) in [5.41, 5.74) is 6.95. The van der Waals surface area contributed by atoms with E-state index >= 15 is 0 Å². The summed E-state index contributed by atoms with van der Waals surface area (Å²) in [5, 5.41) is 3.60. The Hall–Kier alpha value is -0.380. The highest BCUT2D eigenvalue weighted by Gasteiger charge is 2.29. The van der Waals surface area contributed by atoms with E-state index in [2.05, 4.69) is 45.5 Å². The molecule has 0 amide bonds. The van der Waals surface area contributed by atoms with Gasteiger partial charge >= 0.3 is 0 Å². The SMILES string of the molecule is NCCCCNC1CC(c2ccc(Br)cc2)C1. The van der Waals surface area contributed by atoms with Crippen LogP contribution in [0.25, 0.3) is 0 Å². The molecule has 0 spiro atoms. The Morgan fingerprint density at radius 3 is 2.53 bits per heavy atom. The number of hydrogen-bond acceptors (Lipinski definition) is 2. The van der Waals surface area contributed by atoms with Gasteiger partial charge < -0.3 is 11.1 Å². The van der Waals surface area contributed by atoms with E-state index in [4.69, 9.17) is 5.73 Å². The summed E-state index contributed by atoms with van der Waals surface area (Å²) in [6.07, 6.45) is 4.90. The molecule has 0 aromatic heterocycles. The van der Waals surface area contributed by atoms with Gasteiger partial charge in [0, 0.05) is 10.5 Å². The van der Waals surface area contributed by atoms with Crippen LogP contribution in [0.5, 0.6) is 0 Å². The number of unbranched alkanes of at least 4 members (excludes halogenated alkanes) is 1. The van der Waals surface area contributed by atoms with Crippen molar-refractivity contribution in [3.63, 3.8) is 0 Å². The lowest BCUT2D eigenvalue weighted by Crippen LogP contribution is -2.40. The molecule has 0 atom stereocenters. The van der Waals surface area contributed by atoms with Gasteiger partial charge in [-0.3, -0.25) is 0 Å². The van der Waals surface area contributed by atoms with E-state index in [1.807, 2.05) is 0 Å². The first-order chi connectivity index (χ1) is 8.29. The number of rotatable bonds is 6. The molecule has 0 saturated heterocycles. The smallest absolute Gasteiger partial charge is 0.0175 e. The molecule has 1 aliphatic carbocycles. The quantitative estimate of drug-likeness (QED) is 0.792. The lowest BCUT2D eigenvalue weighted by Gasteiger charge is -2.36. The Bertz CT molecular complexity index is 331. The molecule has 0 radical (unpaired) electrons. The van der Waals surface area contributed by atoms with Gasteiger partial charge in [0.15, 0.2) is 0 Å². The first kappa shape index (κ1) is 13.1. The molecule has 1 aromatic rings. The van der Waals surface area contributed by atoms with Crippen LogP contribution in [0.2, 0.25) is 0 Å². The van der Waals surface area contributed by atoms with Gasteiger partial charge in [-0.25, -0.2) is 0 Å². The lowest BCUT2D eigenvalue weighted by molar-refractivity contribution is 0.290. The molecule has 3 N–H and O–H groups in total. The minimum Gasteiger partial charge on any atom is -0.330 e. The van der Waals surface area contributed by atoms with Gasteiger partial charge in [-0.15, -0.1) is 0 Å². The summed E-state index contributed by atoms with van der Waals surface area (Å²) in [4.78, 5) is 0. The van der Waals surface area contributed by atoms with Crippen LogP contribution in [-0.4, -0.2) is 19.1 Å². The molecular weight excluding hydrogens is 276 g/mol. The van der Waals surface area contributed by atoms with Crippen LogP contribution >= 0.6 is 15.9 Å². The summed E-state index contributed by atoms with van der Waals surface area (Å²) < 4.78 is 1.16. The first-order valence-electron chi connectivity index (χ1n) is 6.48. The van der Waals surface area contributed by atoms with Crippen LogP contribution in [-0.2, 0) is 0 Å². The fourth-order valence-electron chi connectivity index (χ4n) is 2.37. The average Bonchev–Trinajstić information content (AvgIpc) is 2.28. The van der Waals surface area contributed by atoms with Crippen molar-refractivity contribution in [2.24, 2.45) is 5.73 Å². The topological polar surface area (TPSA) is 38.0 Å². The predicted octanol–water partition coefficient (Wildman–Crippen LogP) is 3.02. The highest BCUT2D eigenvalue weighted by molar-refractivity contribution is 9.10. The summed E-state index contributed by atoms with van der Waals surface area (Å²) in [5.74, 6) is 0.759. The van der Waals surface area contributed by atoms with Gasteiger partial charge in [0.2, 0.25) is 0 Å². The highest BCUT2D eigenvalue weighted by Crippen LogP contribution is 2.37. The summed E-state index contributed by atoms with van der Waals surface area (Å²) in [7, 11) is 0. The maximum Gasteiger partial charge on any atom is 0.0175 e. The third-order valence-corrected chi connectivity index (χ3v) is 4.07. The van der Waals surface area contributed by atoms with Crippen LogP contribution in [0.15, 0.2) is 28.7 Å². The first-order valence-corrected chi connectivity index (χ1v) is 7.28. The van der Waals surface area contributed by atoms with Crippen molar-refractivity contribution in [2.45, 2.75) is 37.6 Å². The van der Waals surface area contributed by atoms with E-state index in [9.17, 15) is 0 Å². The molecule has 1 aromatic carbocycles. The fourth-order valence-corrected chi connectivity index (χ4v) is 2.63. The Morgan fingerprint density at radius 2 is 1.88 bits per heavy atom. The Balaban J connectivity index is 1.66. The van der Waals surface area contributed by atoms with Crippen molar-refractivity contribution in [2.75, 3.05) is 13.1 Å². The van der Waals surface area contributed by atoms with Crippen LogP contribution in [0.4, 0.5) is 0 Å². The van der Waals surface area contributed by atoms with E-state index < -0.39 is 0 Å². The van der Waals surface area contributed by atoms with Crippen LogP contribution < -0.4 is 11.1 Å². The number of nitrogens with one attached hydrogen (secondary N) is 1. The maximum absolute atomic E-state index is 5.47. The van der Waals surface area contributed by atoms with Gasteiger partial charge in [0.1, 0.15) is 0 Å². The van der Waals surface area contributed by atoms with Crippen molar-refractivity contribution in [1.82, 2.24) is 5.32 Å². The normalized spacial score (nSPS) is 23.4. The fraction of sp³-hybridized carbons (Fsp3) is 0.571. The Labute approximate surface area is 112 Å². The zero-order chi connectivity index (χ0) is 12.1. The van der Waals surface area contributed by atoms with Crippen molar-refractivity contribution >= 4 is 15.9 Å². The van der Waals surface area contributed by atoms with E-state index in [0.717, 1.165) is 35.9 Å². The third-order valence-electron chi connectivity index (χ3n) is 3.54. The third kappa shape index (κ3) is 3.80. The Kier molecular flexibility index (Phi) is 5.01. The minimum atomic E-state index is 0.724. The molecule has 0 aliphatic heterocycles. The van der Waals surface area contributed by atoms with Crippen LogP contribution in [0.3, 0.4) is 0 Å². The standard InChI is InChI=1S/C14H21BrN2/c15-13-5-3-11(4-6-13)12-9-14(10-12)17-8-2-1-7-16/h3-6,12,14,17H,1-2,7-10,16H2. The molecule has 3 heteroatoms.